The van der Waals surface area contributed by atoms with Crippen LogP contribution in [0.4, 0.5) is 0 Å². The van der Waals surface area contributed by atoms with Gasteiger partial charge in [-0.3, -0.25) is 9.59 Å². The third-order valence-corrected chi connectivity index (χ3v) is 2.82. The molecule has 1 unspecified atom stereocenters. The molecule has 98 valence electrons. The maximum atomic E-state index is 11.5. The largest absolute Gasteiger partial charge is 0.481 e. The van der Waals surface area contributed by atoms with E-state index in [9.17, 15) is 9.59 Å². The van der Waals surface area contributed by atoms with Crippen molar-refractivity contribution >= 4 is 11.8 Å². The Balaban J connectivity index is 3.86. The first kappa shape index (κ1) is 15.9. The SMILES string of the molecule is C/C=C/C(=O)C(CCCCCCCC)C(=O)O. The predicted molar refractivity (Wildman–Crippen MR) is 68.9 cm³/mol. The monoisotopic (exact) mass is 240 g/mol. The summed E-state index contributed by atoms with van der Waals surface area (Å²) in [5, 5.41) is 8.96. The van der Waals surface area contributed by atoms with Crippen LogP contribution in [0.1, 0.15) is 58.8 Å². The summed E-state index contributed by atoms with van der Waals surface area (Å²) >= 11 is 0. The van der Waals surface area contributed by atoms with Crippen LogP contribution < -0.4 is 0 Å². The van der Waals surface area contributed by atoms with Crippen LogP contribution in [0.3, 0.4) is 0 Å². The van der Waals surface area contributed by atoms with E-state index in [1.807, 2.05) is 0 Å². The quantitative estimate of drug-likeness (QED) is 0.361. The highest BCUT2D eigenvalue weighted by atomic mass is 16.4. The molecule has 3 heteroatoms. The van der Waals surface area contributed by atoms with Crippen molar-refractivity contribution in [1.29, 1.82) is 0 Å². The third kappa shape index (κ3) is 7.72. The van der Waals surface area contributed by atoms with E-state index >= 15 is 0 Å². The van der Waals surface area contributed by atoms with E-state index in [1.54, 1.807) is 13.0 Å². The minimum absolute atomic E-state index is 0.284. The summed E-state index contributed by atoms with van der Waals surface area (Å²) in [6.45, 7) is 3.89. The minimum Gasteiger partial charge on any atom is -0.481 e. The molecule has 0 bridgehead atoms. The number of hydrogen-bond acceptors (Lipinski definition) is 2. The van der Waals surface area contributed by atoms with Crippen LogP contribution in [0.15, 0.2) is 12.2 Å². The fraction of sp³-hybridized carbons (Fsp3) is 0.714. The van der Waals surface area contributed by atoms with Crippen molar-refractivity contribution in [2.24, 2.45) is 5.92 Å². The smallest absolute Gasteiger partial charge is 0.314 e. The van der Waals surface area contributed by atoms with E-state index in [1.165, 1.54) is 25.3 Å². The highest BCUT2D eigenvalue weighted by Gasteiger charge is 2.22. The molecule has 0 fully saturated rings. The van der Waals surface area contributed by atoms with Gasteiger partial charge in [0.25, 0.3) is 0 Å². The summed E-state index contributed by atoms with van der Waals surface area (Å²) in [7, 11) is 0. The second-order valence-electron chi connectivity index (χ2n) is 4.35. The van der Waals surface area contributed by atoms with Crippen LogP contribution in [0, 0.1) is 5.92 Å². The Bertz CT molecular complexity index is 256. The zero-order valence-corrected chi connectivity index (χ0v) is 10.9. The number of ketones is 1. The zero-order chi connectivity index (χ0) is 13.1. The van der Waals surface area contributed by atoms with E-state index in [-0.39, 0.29) is 5.78 Å². The van der Waals surface area contributed by atoms with E-state index in [0.717, 1.165) is 19.3 Å². The Labute approximate surface area is 104 Å². The van der Waals surface area contributed by atoms with Gasteiger partial charge in [0.1, 0.15) is 5.92 Å². The van der Waals surface area contributed by atoms with Gasteiger partial charge in [-0.1, -0.05) is 51.5 Å². The average Bonchev–Trinajstić information content (AvgIpc) is 2.27. The van der Waals surface area contributed by atoms with Gasteiger partial charge in [0.15, 0.2) is 5.78 Å². The molecule has 0 aromatic heterocycles. The van der Waals surface area contributed by atoms with Crippen LogP contribution in [0.5, 0.6) is 0 Å². The van der Waals surface area contributed by atoms with Crippen molar-refractivity contribution in [2.45, 2.75) is 58.8 Å². The molecule has 0 radical (unpaired) electrons. The Morgan fingerprint density at radius 1 is 1.12 bits per heavy atom. The maximum Gasteiger partial charge on any atom is 0.314 e. The van der Waals surface area contributed by atoms with Gasteiger partial charge < -0.3 is 5.11 Å². The van der Waals surface area contributed by atoms with E-state index in [4.69, 9.17) is 5.11 Å². The van der Waals surface area contributed by atoms with Crippen LogP contribution >= 0.6 is 0 Å². The van der Waals surface area contributed by atoms with Gasteiger partial charge in [0, 0.05) is 0 Å². The first-order chi connectivity index (χ1) is 8.13. The molecule has 17 heavy (non-hydrogen) atoms. The number of carbonyl (C=O) groups is 2. The van der Waals surface area contributed by atoms with Gasteiger partial charge in [0.2, 0.25) is 0 Å². The molecular formula is C14H24O3. The van der Waals surface area contributed by atoms with Crippen molar-refractivity contribution in [2.75, 3.05) is 0 Å². The van der Waals surface area contributed by atoms with Gasteiger partial charge in [-0.15, -0.1) is 0 Å². The van der Waals surface area contributed by atoms with Crippen molar-refractivity contribution in [1.82, 2.24) is 0 Å². The molecule has 0 saturated carbocycles. The molecule has 0 aliphatic carbocycles. The second kappa shape index (κ2) is 10.1. The van der Waals surface area contributed by atoms with E-state index in [0.29, 0.717) is 6.42 Å². The van der Waals surface area contributed by atoms with Crippen molar-refractivity contribution in [3.63, 3.8) is 0 Å². The number of carboxylic acid groups (broad SMARTS) is 1. The van der Waals surface area contributed by atoms with Crippen molar-refractivity contribution in [3.8, 4) is 0 Å². The summed E-state index contributed by atoms with van der Waals surface area (Å²) in [5.41, 5.74) is 0. The molecule has 0 saturated heterocycles. The molecule has 0 heterocycles. The van der Waals surface area contributed by atoms with Gasteiger partial charge in [-0.25, -0.2) is 0 Å². The van der Waals surface area contributed by atoms with Crippen LogP contribution in [0.25, 0.3) is 0 Å². The Kier molecular flexibility index (Phi) is 9.40. The topological polar surface area (TPSA) is 54.4 Å². The molecule has 0 spiro atoms. The highest BCUT2D eigenvalue weighted by Crippen LogP contribution is 2.14. The minimum atomic E-state index is -0.998. The van der Waals surface area contributed by atoms with E-state index < -0.39 is 11.9 Å². The normalized spacial score (nSPS) is 12.8. The van der Waals surface area contributed by atoms with Gasteiger partial charge in [-0.05, 0) is 19.4 Å². The summed E-state index contributed by atoms with van der Waals surface area (Å²) < 4.78 is 0. The summed E-state index contributed by atoms with van der Waals surface area (Å²) in [6, 6.07) is 0. The molecule has 0 amide bonds. The van der Waals surface area contributed by atoms with Crippen molar-refractivity contribution < 1.29 is 14.7 Å². The van der Waals surface area contributed by atoms with Gasteiger partial charge >= 0.3 is 5.97 Å². The number of rotatable bonds is 10. The fourth-order valence-corrected chi connectivity index (χ4v) is 1.80. The summed E-state index contributed by atoms with van der Waals surface area (Å²) in [5.74, 6) is -2.13. The predicted octanol–water partition coefficient (Wildman–Crippen LogP) is 3.58. The van der Waals surface area contributed by atoms with Crippen LogP contribution in [-0.2, 0) is 9.59 Å². The van der Waals surface area contributed by atoms with Crippen LogP contribution in [-0.4, -0.2) is 16.9 Å². The zero-order valence-electron chi connectivity index (χ0n) is 10.9. The lowest BCUT2D eigenvalue weighted by molar-refractivity contribution is -0.145. The molecule has 0 aromatic carbocycles. The fourth-order valence-electron chi connectivity index (χ4n) is 1.80. The molecule has 0 aromatic rings. The number of carboxylic acids is 1. The number of hydrogen-bond donors (Lipinski definition) is 1. The molecule has 1 atom stereocenters. The summed E-state index contributed by atoms with van der Waals surface area (Å²) in [6.07, 6.45) is 10.0. The molecule has 0 aliphatic heterocycles. The molecule has 3 nitrogen and oxygen atoms in total. The molecule has 0 aliphatic rings. The highest BCUT2D eigenvalue weighted by molar-refractivity contribution is 6.04. The third-order valence-electron chi connectivity index (χ3n) is 2.82. The number of carbonyl (C=O) groups excluding carboxylic acids is 1. The lowest BCUT2D eigenvalue weighted by atomic mass is 9.96. The average molecular weight is 240 g/mol. The first-order valence-electron chi connectivity index (χ1n) is 6.52. The van der Waals surface area contributed by atoms with Gasteiger partial charge in [0.05, 0.1) is 0 Å². The Hall–Kier alpha value is -1.12. The first-order valence-corrected chi connectivity index (χ1v) is 6.52. The van der Waals surface area contributed by atoms with Crippen molar-refractivity contribution in [3.05, 3.63) is 12.2 Å². The second-order valence-corrected chi connectivity index (χ2v) is 4.35. The molecule has 0 rings (SSSR count). The van der Waals surface area contributed by atoms with Crippen LogP contribution in [0.2, 0.25) is 0 Å². The lowest BCUT2D eigenvalue weighted by Gasteiger charge is -2.08. The maximum absolute atomic E-state index is 11.5. The Morgan fingerprint density at radius 2 is 1.71 bits per heavy atom. The van der Waals surface area contributed by atoms with E-state index in [2.05, 4.69) is 6.92 Å². The number of aliphatic carboxylic acids is 1. The summed E-state index contributed by atoms with van der Waals surface area (Å²) in [4.78, 5) is 22.4. The van der Waals surface area contributed by atoms with Gasteiger partial charge in [-0.2, -0.15) is 0 Å². The number of unbranched alkanes of at least 4 members (excludes halogenated alkanes) is 5. The standard InChI is InChI=1S/C14H24O3/c1-3-5-6-7-8-9-11-12(14(16)17)13(15)10-4-2/h4,10,12H,3,5-9,11H2,1-2H3,(H,16,17)/b10-4+. The molecular weight excluding hydrogens is 216 g/mol. The lowest BCUT2D eigenvalue weighted by Crippen LogP contribution is -2.22. The molecule has 1 N–H and O–H groups in total. The Morgan fingerprint density at radius 3 is 2.24 bits per heavy atom. The number of allylic oxidation sites excluding steroid dienone is 2.